The first-order chi connectivity index (χ1) is 8.46. The van der Waals surface area contributed by atoms with Crippen LogP contribution in [0.3, 0.4) is 0 Å². The zero-order valence-corrected chi connectivity index (χ0v) is 14.6. The van der Waals surface area contributed by atoms with Crippen molar-refractivity contribution in [3.8, 4) is 0 Å². The molecular weight excluding hydrogens is 356 g/mol. The first kappa shape index (κ1) is 16.2. The molecule has 1 unspecified atom stereocenters. The molecule has 0 spiro atoms. The highest BCUT2D eigenvalue weighted by molar-refractivity contribution is 9.10. The van der Waals surface area contributed by atoms with Crippen LogP contribution < -0.4 is 0 Å². The van der Waals surface area contributed by atoms with Crippen molar-refractivity contribution >= 4 is 31.9 Å². The highest BCUT2D eigenvalue weighted by Gasteiger charge is 2.19. The summed E-state index contributed by atoms with van der Waals surface area (Å²) in [5, 5.41) is 1.04. The summed E-state index contributed by atoms with van der Waals surface area (Å²) < 4.78 is 6.62. The Morgan fingerprint density at radius 3 is 2.33 bits per heavy atom. The number of benzene rings is 1. The molecule has 0 saturated carbocycles. The fourth-order valence-corrected chi connectivity index (χ4v) is 2.66. The molecule has 102 valence electrons. The summed E-state index contributed by atoms with van der Waals surface area (Å²) in [4.78, 5) is 0. The van der Waals surface area contributed by atoms with E-state index in [1.165, 1.54) is 12.0 Å². The molecule has 0 N–H and O–H groups in total. The van der Waals surface area contributed by atoms with Crippen molar-refractivity contribution in [1.29, 1.82) is 0 Å². The van der Waals surface area contributed by atoms with Gasteiger partial charge in [-0.2, -0.15) is 0 Å². The van der Waals surface area contributed by atoms with Crippen LogP contribution in [-0.2, 0) is 11.2 Å². The molecule has 0 aromatic heterocycles. The average molecular weight is 378 g/mol. The van der Waals surface area contributed by atoms with Crippen LogP contribution in [0.5, 0.6) is 0 Å². The van der Waals surface area contributed by atoms with Crippen LogP contribution in [0.2, 0.25) is 0 Å². The van der Waals surface area contributed by atoms with Crippen LogP contribution >= 0.6 is 31.9 Å². The van der Waals surface area contributed by atoms with Gasteiger partial charge in [-0.25, -0.2) is 0 Å². The molecule has 1 rings (SSSR count). The molecule has 0 heterocycles. The predicted molar refractivity (Wildman–Crippen MR) is 85.5 cm³/mol. The van der Waals surface area contributed by atoms with Crippen LogP contribution in [0.1, 0.15) is 32.3 Å². The number of methoxy groups -OCH3 is 1. The van der Waals surface area contributed by atoms with Crippen LogP contribution in [0.25, 0.3) is 0 Å². The lowest BCUT2D eigenvalue weighted by Gasteiger charge is -2.25. The van der Waals surface area contributed by atoms with Gasteiger partial charge in [-0.05, 0) is 56.7 Å². The van der Waals surface area contributed by atoms with Crippen molar-refractivity contribution in [3.05, 3.63) is 34.3 Å². The number of halogens is 2. The zero-order valence-electron chi connectivity index (χ0n) is 11.4. The van der Waals surface area contributed by atoms with Gasteiger partial charge in [0.2, 0.25) is 0 Å². The minimum atomic E-state index is -0.0138. The Morgan fingerprint density at radius 2 is 1.83 bits per heavy atom. The van der Waals surface area contributed by atoms with Gasteiger partial charge < -0.3 is 4.74 Å². The quantitative estimate of drug-likeness (QED) is 0.592. The topological polar surface area (TPSA) is 9.23 Å². The largest absolute Gasteiger partial charge is 0.379 e. The first-order valence-electron chi connectivity index (χ1n) is 6.32. The molecule has 0 fully saturated rings. The minimum Gasteiger partial charge on any atom is -0.379 e. The van der Waals surface area contributed by atoms with Crippen molar-refractivity contribution in [3.63, 3.8) is 0 Å². The van der Waals surface area contributed by atoms with Gasteiger partial charge in [-0.1, -0.05) is 44.0 Å². The highest BCUT2D eigenvalue weighted by atomic mass is 79.9. The van der Waals surface area contributed by atoms with Gasteiger partial charge in [-0.3, -0.25) is 0 Å². The van der Waals surface area contributed by atoms with E-state index in [4.69, 9.17) is 4.74 Å². The minimum absolute atomic E-state index is 0.0138. The Bertz CT molecular complexity index is 346. The highest BCUT2D eigenvalue weighted by Crippen LogP contribution is 2.23. The fourth-order valence-electron chi connectivity index (χ4n) is 1.84. The third-order valence-electron chi connectivity index (χ3n) is 3.36. The third kappa shape index (κ3) is 5.85. The molecule has 0 aliphatic heterocycles. The Balaban J connectivity index is 2.49. The molecule has 0 amide bonds. The van der Waals surface area contributed by atoms with Gasteiger partial charge in [-0.15, -0.1) is 0 Å². The maximum atomic E-state index is 5.48. The van der Waals surface area contributed by atoms with Crippen LogP contribution in [-0.4, -0.2) is 18.0 Å². The Kier molecular flexibility index (Phi) is 6.89. The maximum absolute atomic E-state index is 5.48. The van der Waals surface area contributed by atoms with Gasteiger partial charge in [0.25, 0.3) is 0 Å². The molecule has 0 radical (unpaired) electrons. The number of hydrogen-bond acceptors (Lipinski definition) is 1. The van der Waals surface area contributed by atoms with Crippen LogP contribution in [0, 0.1) is 5.92 Å². The smallest absolute Gasteiger partial charge is 0.0622 e. The van der Waals surface area contributed by atoms with E-state index < -0.39 is 0 Å². The van der Waals surface area contributed by atoms with Crippen molar-refractivity contribution in [2.45, 2.75) is 38.7 Å². The summed E-state index contributed by atoms with van der Waals surface area (Å²) in [6.45, 7) is 4.30. The van der Waals surface area contributed by atoms with E-state index in [1.54, 1.807) is 7.11 Å². The molecule has 0 saturated heterocycles. The molecule has 18 heavy (non-hydrogen) atoms. The fraction of sp³-hybridized carbons (Fsp3) is 0.600. The molecule has 1 atom stereocenters. The summed E-state index contributed by atoms with van der Waals surface area (Å²) in [5.74, 6) is 0.667. The second-order valence-corrected chi connectivity index (χ2v) is 6.92. The van der Waals surface area contributed by atoms with Crippen molar-refractivity contribution in [2.24, 2.45) is 5.92 Å². The monoisotopic (exact) mass is 376 g/mol. The lowest BCUT2D eigenvalue weighted by molar-refractivity contribution is 0.0110. The Hall–Kier alpha value is 0.140. The lowest BCUT2D eigenvalue weighted by atomic mass is 9.91. The second-order valence-electron chi connectivity index (χ2n) is 5.35. The summed E-state index contributed by atoms with van der Waals surface area (Å²) in [5.41, 5.74) is 1.39. The Labute approximate surface area is 128 Å². The van der Waals surface area contributed by atoms with Gasteiger partial charge in [0, 0.05) is 16.9 Å². The first-order valence-corrected chi connectivity index (χ1v) is 8.24. The number of rotatable bonds is 7. The second kappa shape index (κ2) is 7.66. The SMILES string of the molecule is COC(C)(C)CCC(CBr)Cc1ccc(Br)cc1. The predicted octanol–water partition coefficient (Wildman–Crippen LogP) is 5.21. The van der Waals surface area contributed by atoms with E-state index in [9.17, 15) is 0 Å². The van der Waals surface area contributed by atoms with Crippen LogP contribution in [0.15, 0.2) is 28.7 Å². The van der Waals surface area contributed by atoms with Crippen LogP contribution in [0.4, 0.5) is 0 Å². The van der Waals surface area contributed by atoms with Crippen molar-refractivity contribution in [2.75, 3.05) is 12.4 Å². The summed E-state index contributed by atoms with van der Waals surface area (Å²) in [6, 6.07) is 8.61. The molecular formula is C15H22Br2O. The normalized spacial score (nSPS) is 13.6. The molecule has 3 heteroatoms. The lowest BCUT2D eigenvalue weighted by Crippen LogP contribution is -2.24. The van der Waals surface area contributed by atoms with E-state index in [-0.39, 0.29) is 5.60 Å². The van der Waals surface area contributed by atoms with Gasteiger partial charge in [0.15, 0.2) is 0 Å². The van der Waals surface area contributed by atoms with E-state index in [1.807, 2.05) is 0 Å². The molecule has 1 aromatic carbocycles. The molecule has 0 aliphatic carbocycles. The van der Waals surface area contributed by atoms with E-state index in [0.717, 1.165) is 22.6 Å². The van der Waals surface area contributed by atoms with Gasteiger partial charge in [0.1, 0.15) is 0 Å². The zero-order chi connectivity index (χ0) is 13.6. The average Bonchev–Trinajstić information content (AvgIpc) is 2.37. The number of ether oxygens (including phenoxy) is 1. The molecule has 0 bridgehead atoms. The van der Waals surface area contributed by atoms with Gasteiger partial charge in [0.05, 0.1) is 5.60 Å². The summed E-state index contributed by atoms with van der Waals surface area (Å²) in [6.07, 6.45) is 3.40. The van der Waals surface area contributed by atoms with E-state index >= 15 is 0 Å². The third-order valence-corrected chi connectivity index (χ3v) is 4.81. The van der Waals surface area contributed by atoms with Crippen molar-refractivity contribution < 1.29 is 4.74 Å². The summed E-state index contributed by atoms with van der Waals surface area (Å²) in [7, 11) is 1.79. The maximum Gasteiger partial charge on any atom is 0.0622 e. The standard InChI is InChI=1S/C15H22Br2O/c1-15(2,18-3)9-8-13(11-16)10-12-4-6-14(17)7-5-12/h4-7,13H,8-11H2,1-3H3. The van der Waals surface area contributed by atoms with Gasteiger partial charge >= 0.3 is 0 Å². The number of hydrogen-bond donors (Lipinski definition) is 0. The molecule has 1 nitrogen and oxygen atoms in total. The van der Waals surface area contributed by atoms with Crippen molar-refractivity contribution in [1.82, 2.24) is 0 Å². The number of alkyl halides is 1. The molecule has 1 aromatic rings. The summed E-state index contributed by atoms with van der Waals surface area (Å²) >= 11 is 7.10. The Morgan fingerprint density at radius 1 is 1.22 bits per heavy atom. The van der Waals surface area contributed by atoms with E-state index in [2.05, 4.69) is 70.0 Å². The van der Waals surface area contributed by atoms with E-state index in [0.29, 0.717) is 5.92 Å². The molecule has 0 aliphatic rings.